The molecule has 1 aromatic carbocycles. The Bertz CT molecular complexity index is 456. The highest BCUT2D eigenvalue weighted by molar-refractivity contribution is 6.05. The number of hydrogen-bond acceptors (Lipinski definition) is 2. The minimum atomic E-state index is -0.321. The molecular weight excluding hydrogens is 209 g/mol. The molecule has 4 heteroatoms. The standard InChI is InChI=1S/C12H12FNO2/c1-8-2-3-10(13)4-9(8)6-14-7-11(15)5-12(14)16/h2-4H,5-7H2,1H3. The van der Waals surface area contributed by atoms with E-state index >= 15 is 0 Å². The van der Waals surface area contributed by atoms with E-state index in [2.05, 4.69) is 0 Å². The molecule has 1 aliphatic rings. The highest BCUT2D eigenvalue weighted by Crippen LogP contribution is 2.16. The molecule has 0 atom stereocenters. The summed E-state index contributed by atoms with van der Waals surface area (Å²) in [6, 6.07) is 4.47. The average Bonchev–Trinajstić information content (AvgIpc) is 2.51. The van der Waals surface area contributed by atoms with Gasteiger partial charge in [-0.3, -0.25) is 9.59 Å². The molecule has 3 nitrogen and oxygen atoms in total. The molecule has 0 saturated carbocycles. The van der Waals surface area contributed by atoms with Crippen molar-refractivity contribution in [1.82, 2.24) is 4.90 Å². The minimum Gasteiger partial charge on any atom is -0.331 e. The Balaban J connectivity index is 2.18. The van der Waals surface area contributed by atoms with E-state index in [0.29, 0.717) is 6.54 Å². The molecule has 1 aliphatic heterocycles. The first-order valence-corrected chi connectivity index (χ1v) is 5.11. The summed E-state index contributed by atoms with van der Waals surface area (Å²) in [5.74, 6) is -0.564. The summed E-state index contributed by atoms with van der Waals surface area (Å²) >= 11 is 0. The number of rotatable bonds is 2. The van der Waals surface area contributed by atoms with Crippen LogP contribution in [-0.4, -0.2) is 23.1 Å². The number of halogens is 1. The average molecular weight is 221 g/mol. The Labute approximate surface area is 92.9 Å². The van der Waals surface area contributed by atoms with Crippen molar-refractivity contribution in [2.75, 3.05) is 6.54 Å². The topological polar surface area (TPSA) is 37.4 Å². The van der Waals surface area contributed by atoms with Crippen molar-refractivity contribution in [3.8, 4) is 0 Å². The number of likely N-dealkylation sites (tertiary alicyclic amines) is 1. The Hall–Kier alpha value is -1.71. The molecule has 1 aromatic rings. The molecule has 1 heterocycles. The van der Waals surface area contributed by atoms with Crippen LogP contribution in [0.1, 0.15) is 17.5 Å². The monoisotopic (exact) mass is 221 g/mol. The smallest absolute Gasteiger partial charge is 0.230 e. The van der Waals surface area contributed by atoms with Crippen molar-refractivity contribution in [3.05, 3.63) is 35.1 Å². The SMILES string of the molecule is Cc1ccc(F)cc1CN1CC(=O)CC1=O. The van der Waals surface area contributed by atoms with Crippen molar-refractivity contribution in [3.63, 3.8) is 0 Å². The van der Waals surface area contributed by atoms with Gasteiger partial charge in [-0.25, -0.2) is 4.39 Å². The van der Waals surface area contributed by atoms with E-state index in [0.717, 1.165) is 11.1 Å². The number of nitrogens with zero attached hydrogens (tertiary/aromatic N) is 1. The number of carbonyl (C=O) groups is 2. The van der Waals surface area contributed by atoms with Crippen molar-refractivity contribution in [2.24, 2.45) is 0 Å². The second-order valence-electron chi connectivity index (χ2n) is 4.04. The van der Waals surface area contributed by atoms with Crippen LogP contribution in [-0.2, 0) is 16.1 Å². The molecule has 0 unspecified atom stereocenters. The Morgan fingerprint density at radius 2 is 2.12 bits per heavy atom. The minimum absolute atomic E-state index is 0.0195. The van der Waals surface area contributed by atoms with Gasteiger partial charge >= 0.3 is 0 Å². The summed E-state index contributed by atoms with van der Waals surface area (Å²) in [4.78, 5) is 23.9. The highest BCUT2D eigenvalue weighted by Gasteiger charge is 2.27. The van der Waals surface area contributed by atoms with Crippen LogP contribution < -0.4 is 0 Å². The molecular formula is C12H12FNO2. The van der Waals surface area contributed by atoms with E-state index in [9.17, 15) is 14.0 Å². The third-order valence-electron chi connectivity index (χ3n) is 2.74. The predicted octanol–water partition coefficient (Wildman–Crippen LogP) is 1.44. The lowest BCUT2D eigenvalue weighted by Gasteiger charge is -2.16. The number of carbonyl (C=O) groups excluding carboxylic acids is 2. The van der Waals surface area contributed by atoms with Crippen LogP contribution in [0.3, 0.4) is 0 Å². The Morgan fingerprint density at radius 3 is 2.75 bits per heavy atom. The first-order chi connectivity index (χ1) is 7.56. The van der Waals surface area contributed by atoms with Gasteiger partial charge in [-0.1, -0.05) is 6.07 Å². The van der Waals surface area contributed by atoms with E-state index in [1.165, 1.54) is 17.0 Å². The number of amides is 1. The number of aryl methyl sites for hydroxylation is 1. The fourth-order valence-corrected chi connectivity index (χ4v) is 1.80. The summed E-state index contributed by atoms with van der Waals surface area (Å²) < 4.78 is 13.0. The maximum atomic E-state index is 13.0. The zero-order valence-electron chi connectivity index (χ0n) is 9.00. The molecule has 0 N–H and O–H groups in total. The maximum absolute atomic E-state index is 13.0. The van der Waals surface area contributed by atoms with Crippen LogP contribution in [0.15, 0.2) is 18.2 Å². The fraction of sp³-hybridized carbons (Fsp3) is 0.333. The van der Waals surface area contributed by atoms with Gasteiger partial charge in [-0.05, 0) is 30.2 Å². The van der Waals surface area contributed by atoms with Gasteiger partial charge in [0.25, 0.3) is 0 Å². The molecule has 1 amide bonds. The lowest BCUT2D eigenvalue weighted by molar-refractivity contribution is -0.128. The van der Waals surface area contributed by atoms with Crippen molar-refractivity contribution < 1.29 is 14.0 Å². The number of hydrogen-bond donors (Lipinski definition) is 0. The van der Waals surface area contributed by atoms with Crippen molar-refractivity contribution in [1.29, 1.82) is 0 Å². The van der Waals surface area contributed by atoms with E-state index in [-0.39, 0.29) is 30.5 Å². The summed E-state index contributed by atoms with van der Waals surface area (Å²) in [6.45, 7) is 2.32. The number of ketones is 1. The second kappa shape index (κ2) is 4.04. The van der Waals surface area contributed by atoms with E-state index in [4.69, 9.17) is 0 Å². The van der Waals surface area contributed by atoms with Crippen LogP contribution in [0, 0.1) is 12.7 Å². The van der Waals surface area contributed by atoms with E-state index in [1.807, 2.05) is 6.92 Å². The van der Waals surface area contributed by atoms with Crippen LogP contribution in [0.4, 0.5) is 4.39 Å². The molecule has 84 valence electrons. The second-order valence-corrected chi connectivity index (χ2v) is 4.04. The van der Waals surface area contributed by atoms with Crippen molar-refractivity contribution in [2.45, 2.75) is 19.9 Å². The quantitative estimate of drug-likeness (QED) is 0.708. The summed E-state index contributed by atoms with van der Waals surface area (Å²) in [5, 5.41) is 0. The third-order valence-corrected chi connectivity index (χ3v) is 2.74. The maximum Gasteiger partial charge on any atom is 0.230 e. The number of benzene rings is 1. The molecule has 1 saturated heterocycles. The van der Waals surface area contributed by atoms with Crippen LogP contribution in [0.5, 0.6) is 0 Å². The number of Topliss-reactive ketones (excluding diaryl/α,β-unsaturated/α-hetero) is 1. The van der Waals surface area contributed by atoms with Gasteiger partial charge < -0.3 is 4.90 Å². The Kier molecular flexibility index (Phi) is 2.73. The summed E-state index contributed by atoms with van der Waals surface area (Å²) in [6.07, 6.45) is -0.0195. The first kappa shape index (κ1) is 10.8. The van der Waals surface area contributed by atoms with Crippen LogP contribution in [0.2, 0.25) is 0 Å². The Morgan fingerprint density at radius 1 is 1.38 bits per heavy atom. The van der Waals surface area contributed by atoms with E-state index in [1.54, 1.807) is 6.07 Å². The van der Waals surface area contributed by atoms with Gasteiger partial charge in [-0.15, -0.1) is 0 Å². The van der Waals surface area contributed by atoms with E-state index < -0.39 is 0 Å². The summed E-state index contributed by atoms with van der Waals surface area (Å²) in [5.41, 5.74) is 1.68. The van der Waals surface area contributed by atoms with Gasteiger partial charge in [0.05, 0.1) is 13.0 Å². The molecule has 0 aliphatic carbocycles. The molecule has 16 heavy (non-hydrogen) atoms. The fourth-order valence-electron chi connectivity index (χ4n) is 1.80. The molecule has 2 rings (SSSR count). The predicted molar refractivity (Wildman–Crippen MR) is 56.2 cm³/mol. The lowest BCUT2D eigenvalue weighted by Crippen LogP contribution is -2.25. The normalized spacial score (nSPS) is 16.0. The largest absolute Gasteiger partial charge is 0.331 e. The molecule has 0 radical (unpaired) electrons. The van der Waals surface area contributed by atoms with Crippen LogP contribution in [0.25, 0.3) is 0 Å². The van der Waals surface area contributed by atoms with Crippen LogP contribution >= 0.6 is 0 Å². The first-order valence-electron chi connectivity index (χ1n) is 5.11. The van der Waals surface area contributed by atoms with Gasteiger partial charge in [0.2, 0.25) is 5.91 Å². The lowest BCUT2D eigenvalue weighted by atomic mass is 10.1. The molecule has 1 fully saturated rings. The van der Waals surface area contributed by atoms with Crippen molar-refractivity contribution >= 4 is 11.7 Å². The highest BCUT2D eigenvalue weighted by atomic mass is 19.1. The molecule has 0 aromatic heterocycles. The molecule has 0 spiro atoms. The zero-order valence-corrected chi connectivity index (χ0v) is 9.00. The zero-order chi connectivity index (χ0) is 11.7. The van der Waals surface area contributed by atoms with Gasteiger partial charge in [-0.2, -0.15) is 0 Å². The van der Waals surface area contributed by atoms with Gasteiger partial charge in [0.1, 0.15) is 5.82 Å². The molecule has 0 bridgehead atoms. The third kappa shape index (κ3) is 2.10. The van der Waals surface area contributed by atoms with Gasteiger partial charge in [0, 0.05) is 6.54 Å². The van der Waals surface area contributed by atoms with Gasteiger partial charge in [0.15, 0.2) is 5.78 Å². The summed E-state index contributed by atoms with van der Waals surface area (Å²) in [7, 11) is 0.